The Bertz CT molecular complexity index is 653. The number of aliphatic hydroxyl groups excluding tert-OH is 1. The first-order chi connectivity index (χ1) is 10.6. The molecule has 2 aromatic rings. The Morgan fingerprint density at radius 3 is 2.64 bits per heavy atom. The molecule has 3 nitrogen and oxygen atoms in total. The lowest BCUT2D eigenvalue weighted by atomic mass is 9.95. The first-order valence-corrected chi connectivity index (χ1v) is 7.75. The molecule has 0 unspecified atom stereocenters. The summed E-state index contributed by atoms with van der Waals surface area (Å²) in [6.07, 6.45) is 0.507. The van der Waals surface area contributed by atoms with Gasteiger partial charge in [0, 0.05) is 12.3 Å². The molecule has 1 aliphatic rings. The number of hydrogen-bond donors (Lipinski definition) is 2. The highest BCUT2D eigenvalue weighted by Crippen LogP contribution is 2.35. The molecule has 0 aliphatic heterocycles. The average Bonchev–Trinajstić information content (AvgIpc) is 2.84. The molecule has 0 radical (unpaired) electrons. The minimum atomic E-state index is -0.463. The highest BCUT2D eigenvalue weighted by molar-refractivity contribution is 5.77. The first kappa shape index (κ1) is 14.8. The molecule has 0 bridgehead atoms. The molecule has 2 aromatic carbocycles. The van der Waals surface area contributed by atoms with Crippen molar-refractivity contribution in [1.82, 2.24) is 5.32 Å². The Kier molecular flexibility index (Phi) is 4.25. The molecule has 0 aromatic heterocycles. The van der Waals surface area contributed by atoms with E-state index < -0.39 is 6.10 Å². The predicted octanol–water partition coefficient (Wildman–Crippen LogP) is 2.95. The maximum Gasteiger partial charge on any atom is 0.221 e. The second kappa shape index (κ2) is 6.32. The van der Waals surface area contributed by atoms with Gasteiger partial charge < -0.3 is 10.4 Å². The number of fused-ring (bicyclic) bond motifs is 1. The maximum absolute atomic E-state index is 12.3. The molecule has 0 saturated heterocycles. The highest BCUT2D eigenvalue weighted by atomic mass is 16.3. The van der Waals surface area contributed by atoms with Crippen molar-refractivity contribution >= 4 is 5.91 Å². The van der Waals surface area contributed by atoms with Crippen LogP contribution in [-0.2, 0) is 11.2 Å². The number of aliphatic hydroxyl groups is 1. The second-order valence-corrected chi connectivity index (χ2v) is 5.98. The van der Waals surface area contributed by atoms with Crippen LogP contribution in [0.25, 0.3) is 0 Å². The number of carbonyl (C=O) groups is 1. The van der Waals surface area contributed by atoms with Crippen molar-refractivity contribution in [3.05, 3.63) is 71.3 Å². The predicted molar refractivity (Wildman–Crippen MR) is 86.5 cm³/mol. The topological polar surface area (TPSA) is 49.3 Å². The summed E-state index contributed by atoms with van der Waals surface area (Å²) >= 11 is 0. The zero-order chi connectivity index (χ0) is 15.5. The fraction of sp³-hybridized carbons (Fsp3) is 0.316. The van der Waals surface area contributed by atoms with E-state index in [0.29, 0.717) is 12.8 Å². The number of rotatable bonds is 4. The van der Waals surface area contributed by atoms with E-state index in [1.807, 2.05) is 61.5 Å². The number of hydrogen-bond acceptors (Lipinski definition) is 2. The molecular formula is C19H21NO2. The quantitative estimate of drug-likeness (QED) is 0.911. The molecule has 22 heavy (non-hydrogen) atoms. The van der Waals surface area contributed by atoms with Gasteiger partial charge in [0.1, 0.15) is 0 Å². The summed E-state index contributed by atoms with van der Waals surface area (Å²) in [6, 6.07) is 17.9. The van der Waals surface area contributed by atoms with Crippen LogP contribution < -0.4 is 5.32 Å². The molecule has 0 heterocycles. The standard InChI is InChI=1S/C19H21NO2/c1-13(14-7-3-2-4-8-14)20-19(22)12-17-16-10-6-5-9-15(16)11-18(17)21/h2-10,13,17-18,21H,11-12H2,1H3,(H,20,22)/t13-,17+,18-/m0/s1. The lowest BCUT2D eigenvalue weighted by Crippen LogP contribution is -2.29. The van der Waals surface area contributed by atoms with E-state index >= 15 is 0 Å². The number of carbonyl (C=O) groups excluding carboxylic acids is 1. The van der Waals surface area contributed by atoms with Crippen LogP contribution in [0.3, 0.4) is 0 Å². The molecule has 3 rings (SSSR count). The third kappa shape index (κ3) is 3.04. The molecule has 3 atom stereocenters. The largest absolute Gasteiger partial charge is 0.392 e. The Morgan fingerprint density at radius 1 is 1.18 bits per heavy atom. The molecule has 114 valence electrons. The van der Waals surface area contributed by atoms with E-state index in [0.717, 1.165) is 16.7 Å². The minimum Gasteiger partial charge on any atom is -0.392 e. The van der Waals surface area contributed by atoms with Gasteiger partial charge in [0.25, 0.3) is 0 Å². The molecule has 1 amide bonds. The van der Waals surface area contributed by atoms with Crippen LogP contribution in [0.15, 0.2) is 54.6 Å². The summed E-state index contributed by atoms with van der Waals surface area (Å²) in [4.78, 5) is 12.3. The van der Waals surface area contributed by atoms with E-state index in [2.05, 4.69) is 5.32 Å². The Balaban J connectivity index is 1.65. The lowest BCUT2D eigenvalue weighted by molar-refractivity contribution is -0.122. The molecule has 1 aliphatic carbocycles. The normalized spacial score (nSPS) is 21.2. The zero-order valence-electron chi connectivity index (χ0n) is 12.7. The summed E-state index contributed by atoms with van der Waals surface area (Å²) in [6.45, 7) is 1.98. The van der Waals surface area contributed by atoms with E-state index in [9.17, 15) is 9.90 Å². The zero-order valence-corrected chi connectivity index (χ0v) is 12.7. The monoisotopic (exact) mass is 295 g/mol. The van der Waals surface area contributed by atoms with Crippen molar-refractivity contribution in [2.24, 2.45) is 0 Å². The highest BCUT2D eigenvalue weighted by Gasteiger charge is 2.32. The van der Waals surface area contributed by atoms with E-state index in [1.165, 1.54) is 0 Å². The Morgan fingerprint density at radius 2 is 1.86 bits per heavy atom. The number of benzene rings is 2. The molecular weight excluding hydrogens is 274 g/mol. The van der Waals surface area contributed by atoms with Gasteiger partial charge in [-0.05, 0) is 30.0 Å². The summed E-state index contributed by atoms with van der Waals surface area (Å²) in [5, 5.41) is 13.3. The third-order valence-electron chi connectivity index (χ3n) is 4.43. The molecule has 3 heteroatoms. The maximum atomic E-state index is 12.3. The average molecular weight is 295 g/mol. The van der Waals surface area contributed by atoms with Crippen LogP contribution in [0.4, 0.5) is 0 Å². The Hall–Kier alpha value is -2.13. The van der Waals surface area contributed by atoms with Crippen LogP contribution in [0.2, 0.25) is 0 Å². The van der Waals surface area contributed by atoms with Gasteiger partial charge in [0.15, 0.2) is 0 Å². The van der Waals surface area contributed by atoms with Crippen LogP contribution in [0, 0.1) is 0 Å². The Labute approximate surface area is 131 Å². The fourth-order valence-corrected chi connectivity index (χ4v) is 3.23. The molecule has 2 N–H and O–H groups in total. The van der Waals surface area contributed by atoms with Gasteiger partial charge in [-0.3, -0.25) is 4.79 Å². The van der Waals surface area contributed by atoms with Gasteiger partial charge in [0.2, 0.25) is 5.91 Å². The van der Waals surface area contributed by atoms with Crippen molar-refractivity contribution in [3.8, 4) is 0 Å². The van der Waals surface area contributed by atoms with Gasteiger partial charge >= 0.3 is 0 Å². The first-order valence-electron chi connectivity index (χ1n) is 7.75. The SMILES string of the molecule is C[C@H](NC(=O)C[C@@H]1c2ccccc2C[C@@H]1O)c1ccccc1. The molecule has 0 fully saturated rings. The van der Waals surface area contributed by atoms with E-state index in [-0.39, 0.29) is 17.9 Å². The minimum absolute atomic E-state index is 0.0166. The number of nitrogens with one attached hydrogen (secondary N) is 1. The van der Waals surface area contributed by atoms with Crippen LogP contribution >= 0.6 is 0 Å². The smallest absolute Gasteiger partial charge is 0.221 e. The van der Waals surface area contributed by atoms with Crippen molar-refractivity contribution in [2.45, 2.75) is 37.8 Å². The van der Waals surface area contributed by atoms with Crippen molar-refractivity contribution in [2.75, 3.05) is 0 Å². The third-order valence-corrected chi connectivity index (χ3v) is 4.43. The fourth-order valence-electron chi connectivity index (χ4n) is 3.23. The summed E-state index contributed by atoms with van der Waals surface area (Å²) in [7, 11) is 0. The summed E-state index contributed by atoms with van der Waals surface area (Å²) in [5.74, 6) is -0.115. The second-order valence-electron chi connectivity index (χ2n) is 5.98. The van der Waals surface area contributed by atoms with Gasteiger partial charge in [-0.15, -0.1) is 0 Å². The van der Waals surface area contributed by atoms with E-state index in [1.54, 1.807) is 0 Å². The van der Waals surface area contributed by atoms with Gasteiger partial charge in [-0.2, -0.15) is 0 Å². The van der Waals surface area contributed by atoms with Crippen molar-refractivity contribution < 1.29 is 9.90 Å². The van der Waals surface area contributed by atoms with Crippen molar-refractivity contribution in [1.29, 1.82) is 0 Å². The van der Waals surface area contributed by atoms with E-state index in [4.69, 9.17) is 0 Å². The summed E-state index contributed by atoms with van der Waals surface area (Å²) < 4.78 is 0. The van der Waals surface area contributed by atoms with Crippen LogP contribution in [0.1, 0.15) is 42.0 Å². The molecule has 0 saturated carbocycles. The molecule has 0 spiro atoms. The van der Waals surface area contributed by atoms with Crippen molar-refractivity contribution in [3.63, 3.8) is 0 Å². The lowest BCUT2D eigenvalue weighted by Gasteiger charge is -2.19. The van der Waals surface area contributed by atoms with Crippen LogP contribution in [-0.4, -0.2) is 17.1 Å². The number of amides is 1. The van der Waals surface area contributed by atoms with Crippen LogP contribution in [0.5, 0.6) is 0 Å². The summed E-state index contributed by atoms with van der Waals surface area (Å²) in [5.41, 5.74) is 3.35. The van der Waals surface area contributed by atoms with Gasteiger partial charge in [-0.1, -0.05) is 54.6 Å². The van der Waals surface area contributed by atoms with Gasteiger partial charge in [0.05, 0.1) is 12.1 Å². The van der Waals surface area contributed by atoms with Gasteiger partial charge in [-0.25, -0.2) is 0 Å².